The van der Waals surface area contributed by atoms with Gasteiger partial charge in [-0.1, -0.05) is 36.4 Å². The van der Waals surface area contributed by atoms with Crippen molar-refractivity contribution < 1.29 is 13.2 Å². The molecule has 0 atom stereocenters. The first-order valence-electron chi connectivity index (χ1n) is 9.08. The predicted octanol–water partition coefficient (Wildman–Crippen LogP) is 3.82. The normalized spacial score (nSPS) is 12.1. The number of nitrogens with zero attached hydrogens (tertiary/aromatic N) is 3. The Morgan fingerprint density at radius 3 is 1.97 bits per heavy atom. The molecule has 0 fully saturated rings. The number of rotatable bonds is 6. The van der Waals surface area contributed by atoms with Crippen LogP contribution in [-0.4, -0.2) is 22.6 Å². The molecule has 0 radical (unpaired) electrons. The predicted molar refractivity (Wildman–Crippen MR) is 106 cm³/mol. The lowest BCUT2D eigenvalue weighted by Crippen LogP contribution is -2.36. The van der Waals surface area contributed by atoms with Gasteiger partial charge in [0.15, 0.2) is 5.96 Å². The second-order valence-corrected chi connectivity index (χ2v) is 6.53. The zero-order valence-electron chi connectivity index (χ0n) is 15.9. The van der Waals surface area contributed by atoms with Crippen molar-refractivity contribution in [2.45, 2.75) is 25.8 Å². The van der Waals surface area contributed by atoms with Crippen molar-refractivity contribution in [3.8, 4) is 0 Å². The summed E-state index contributed by atoms with van der Waals surface area (Å²) < 4.78 is 39.9. The van der Waals surface area contributed by atoms with Gasteiger partial charge < -0.3 is 15.2 Å². The summed E-state index contributed by atoms with van der Waals surface area (Å²) in [4.78, 5) is 8.18. The number of hydrogen-bond donors (Lipinski definition) is 2. The Balaban J connectivity index is 1.47. The molecule has 0 aliphatic rings. The average molecular weight is 401 g/mol. The maximum atomic E-state index is 12.6. The summed E-state index contributed by atoms with van der Waals surface area (Å²) >= 11 is 0. The van der Waals surface area contributed by atoms with Crippen molar-refractivity contribution in [1.82, 2.24) is 20.2 Å². The lowest BCUT2D eigenvalue weighted by Gasteiger charge is -2.13. The Hall–Kier alpha value is -3.29. The summed E-state index contributed by atoms with van der Waals surface area (Å²) in [7, 11) is 1.65. The first-order valence-corrected chi connectivity index (χ1v) is 9.08. The second kappa shape index (κ2) is 9.27. The van der Waals surface area contributed by atoms with Crippen LogP contribution in [0.1, 0.15) is 22.3 Å². The van der Waals surface area contributed by atoms with E-state index in [0.29, 0.717) is 19.0 Å². The van der Waals surface area contributed by atoms with Crippen LogP contribution in [0.4, 0.5) is 13.2 Å². The quantitative estimate of drug-likeness (QED) is 0.488. The van der Waals surface area contributed by atoms with E-state index >= 15 is 0 Å². The van der Waals surface area contributed by atoms with E-state index < -0.39 is 11.7 Å². The lowest BCUT2D eigenvalue weighted by atomic mass is 10.1. The number of hydrogen-bond acceptors (Lipinski definition) is 2. The second-order valence-electron chi connectivity index (χ2n) is 6.53. The van der Waals surface area contributed by atoms with Crippen molar-refractivity contribution in [2.75, 3.05) is 7.05 Å². The van der Waals surface area contributed by atoms with Gasteiger partial charge in [0.1, 0.15) is 0 Å². The minimum absolute atomic E-state index is 0.377. The van der Waals surface area contributed by atoms with Crippen LogP contribution in [0.25, 0.3) is 0 Å². The summed E-state index contributed by atoms with van der Waals surface area (Å²) in [5.74, 6) is 0.576. The highest BCUT2D eigenvalue weighted by Crippen LogP contribution is 2.29. The molecule has 3 aromatic rings. The lowest BCUT2D eigenvalue weighted by molar-refractivity contribution is -0.137. The molecule has 1 heterocycles. The summed E-state index contributed by atoms with van der Waals surface area (Å²) in [6.45, 7) is 1.73. The van der Waals surface area contributed by atoms with E-state index in [2.05, 4.69) is 32.7 Å². The molecule has 0 aliphatic carbocycles. The molecule has 0 saturated heterocycles. The van der Waals surface area contributed by atoms with Gasteiger partial charge in [0, 0.05) is 39.1 Å². The number of benzene rings is 2. The van der Waals surface area contributed by atoms with Gasteiger partial charge in [0.05, 0.1) is 11.9 Å². The van der Waals surface area contributed by atoms with E-state index in [4.69, 9.17) is 0 Å². The van der Waals surface area contributed by atoms with E-state index in [0.717, 1.165) is 29.8 Å². The fourth-order valence-corrected chi connectivity index (χ4v) is 2.76. The highest BCUT2D eigenvalue weighted by Gasteiger charge is 2.29. The Kier molecular flexibility index (Phi) is 6.54. The Bertz CT molecular complexity index is 914. The standard InChI is InChI=1S/C21H22F3N5/c1-25-20(28-13-17-6-8-19(9-7-17)21(22,23)24)27-12-16-2-4-18(5-3-16)14-29-11-10-26-15-29/h2-11,15H,12-14H2,1H3,(H2,25,27,28). The molecule has 8 heteroatoms. The monoisotopic (exact) mass is 401 g/mol. The van der Waals surface area contributed by atoms with Gasteiger partial charge in [0.2, 0.25) is 0 Å². The molecule has 0 saturated carbocycles. The van der Waals surface area contributed by atoms with Crippen LogP contribution in [0.2, 0.25) is 0 Å². The van der Waals surface area contributed by atoms with Gasteiger partial charge >= 0.3 is 6.18 Å². The SMILES string of the molecule is CN=C(NCc1ccc(Cn2ccnc2)cc1)NCc1ccc(C(F)(F)F)cc1. The number of aliphatic imine (C=N–C) groups is 1. The minimum Gasteiger partial charge on any atom is -0.352 e. The number of guanidine groups is 1. The molecule has 3 rings (SSSR count). The van der Waals surface area contributed by atoms with E-state index in [-0.39, 0.29) is 0 Å². The molecule has 1 aromatic heterocycles. The van der Waals surface area contributed by atoms with Crippen molar-refractivity contribution in [3.63, 3.8) is 0 Å². The largest absolute Gasteiger partial charge is 0.416 e. The zero-order valence-corrected chi connectivity index (χ0v) is 15.9. The van der Waals surface area contributed by atoms with Gasteiger partial charge in [-0.2, -0.15) is 13.2 Å². The van der Waals surface area contributed by atoms with Crippen LogP contribution in [0.5, 0.6) is 0 Å². The van der Waals surface area contributed by atoms with Crippen molar-refractivity contribution in [3.05, 3.63) is 89.5 Å². The molecule has 0 aliphatic heterocycles. The zero-order chi connectivity index (χ0) is 20.7. The molecule has 152 valence electrons. The van der Waals surface area contributed by atoms with Gasteiger partial charge in [-0.15, -0.1) is 0 Å². The summed E-state index contributed by atoms with van der Waals surface area (Å²) in [5.41, 5.74) is 2.36. The van der Waals surface area contributed by atoms with E-state index in [9.17, 15) is 13.2 Å². The molecule has 0 spiro atoms. The highest BCUT2D eigenvalue weighted by atomic mass is 19.4. The summed E-state index contributed by atoms with van der Waals surface area (Å²) in [6, 6.07) is 13.3. The van der Waals surface area contributed by atoms with Crippen LogP contribution in [0.3, 0.4) is 0 Å². The van der Waals surface area contributed by atoms with Gasteiger partial charge in [0.25, 0.3) is 0 Å². The van der Waals surface area contributed by atoms with Gasteiger partial charge in [-0.25, -0.2) is 4.98 Å². The van der Waals surface area contributed by atoms with Gasteiger partial charge in [-0.05, 0) is 28.8 Å². The fourth-order valence-electron chi connectivity index (χ4n) is 2.76. The third kappa shape index (κ3) is 6.10. The maximum absolute atomic E-state index is 12.6. The van der Waals surface area contributed by atoms with E-state index in [1.54, 1.807) is 19.6 Å². The molecule has 0 bridgehead atoms. The van der Waals surface area contributed by atoms with Crippen molar-refractivity contribution in [1.29, 1.82) is 0 Å². The van der Waals surface area contributed by atoms with E-state index in [1.165, 1.54) is 17.7 Å². The Morgan fingerprint density at radius 1 is 0.931 bits per heavy atom. The highest BCUT2D eigenvalue weighted by molar-refractivity contribution is 5.79. The van der Waals surface area contributed by atoms with Crippen LogP contribution in [-0.2, 0) is 25.8 Å². The first-order chi connectivity index (χ1) is 13.9. The smallest absolute Gasteiger partial charge is 0.352 e. The van der Waals surface area contributed by atoms with Gasteiger partial charge in [-0.3, -0.25) is 4.99 Å². The maximum Gasteiger partial charge on any atom is 0.416 e. The summed E-state index contributed by atoms with van der Waals surface area (Å²) in [6.07, 6.45) is 1.13. The molecule has 0 unspecified atom stereocenters. The molecule has 2 N–H and O–H groups in total. The number of imidazole rings is 1. The first kappa shape index (κ1) is 20.4. The fraction of sp³-hybridized carbons (Fsp3) is 0.238. The third-order valence-electron chi connectivity index (χ3n) is 4.37. The molecular formula is C21H22F3N5. The molecule has 0 amide bonds. The molecule has 2 aromatic carbocycles. The topological polar surface area (TPSA) is 54.2 Å². The van der Waals surface area contributed by atoms with Crippen LogP contribution >= 0.6 is 0 Å². The van der Waals surface area contributed by atoms with E-state index in [1.807, 2.05) is 22.9 Å². The summed E-state index contributed by atoms with van der Waals surface area (Å²) in [5, 5.41) is 6.30. The van der Waals surface area contributed by atoms with Crippen LogP contribution in [0, 0.1) is 0 Å². The molecule has 5 nitrogen and oxygen atoms in total. The minimum atomic E-state index is -4.32. The Morgan fingerprint density at radius 2 is 1.48 bits per heavy atom. The number of nitrogens with one attached hydrogen (secondary N) is 2. The van der Waals surface area contributed by atoms with Crippen molar-refractivity contribution in [2.24, 2.45) is 4.99 Å². The van der Waals surface area contributed by atoms with Crippen LogP contribution < -0.4 is 10.6 Å². The van der Waals surface area contributed by atoms with Crippen LogP contribution in [0.15, 0.2) is 72.2 Å². The average Bonchev–Trinajstić information content (AvgIpc) is 3.22. The number of alkyl halides is 3. The molecule has 29 heavy (non-hydrogen) atoms. The third-order valence-corrected chi connectivity index (χ3v) is 4.37. The molecular weight excluding hydrogens is 379 g/mol. The Labute approximate surface area is 167 Å². The number of aromatic nitrogens is 2. The number of halogens is 3. The van der Waals surface area contributed by atoms with Crippen molar-refractivity contribution >= 4 is 5.96 Å².